The molecule has 2 aromatic rings. The number of carbonyl (C=O) groups excluding carboxylic acids is 2. The van der Waals surface area contributed by atoms with Crippen molar-refractivity contribution in [2.75, 3.05) is 25.6 Å². The first-order chi connectivity index (χ1) is 12.5. The zero-order valence-electron chi connectivity index (χ0n) is 15.4. The van der Waals surface area contributed by atoms with Gasteiger partial charge in [0.25, 0.3) is 0 Å². The number of fused-ring (bicyclic) bond motifs is 1. The fraction of sp³-hybridized carbons (Fsp3) is 0.400. The maximum absolute atomic E-state index is 12.0. The van der Waals surface area contributed by atoms with Gasteiger partial charge in [-0.2, -0.15) is 0 Å². The average molecular weight is 356 g/mol. The van der Waals surface area contributed by atoms with Crippen LogP contribution in [-0.2, 0) is 27.3 Å². The quantitative estimate of drug-likeness (QED) is 0.894. The molecule has 0 bridgehead atoms. The van der Waals surface area contributed by atoms with Gasteiger partial charge in [0.05, 0.1) is 0 Å². The number of benzene rings is 1. The Morgan fingerprint density at radius 1 is 1.27 bits per heavy atom. The standard InChI is InChI=1S/C20H24N2O4/c1-13(2)20(24)21-16-6-4-14(5-7-16)18-10-15-11-22(19(23)12-25-3)9-8-17(15)26-18/h4-7,10,13H,8-9,11-12H2,1-3H3,(H,21,24). The summed E-state index contributed by atoms with van der Waals surface area (Å²) >= 11 is 0. The second-order valence-corrected chi connectivity index (χ2v) is 6.78. The molecule has 1 aliphatic rings. The van der Waals surface area contributed by atoms with E-state index in [1.807, 2.05) is 44.2 Å². The van der Waals surface area contributed by atoms with E-state index < -0.39 is 0 Å². The van der Waals surface area contributed by atoms with Crippen molar-refractivity contribution in [1.82, 2.24) is 4.90 Å². The van der Waals surface area contributed by atoms with Crippen molar-refractivity contribution in [2.45, 2.75) is 26.8 Å². The molecule has 0 saturated heterocycles. The average Bonchev–Trinajstić information content (AvgIpc) is 3.05. The van der Waals surface area contributed by atoms with E-state index in [9.17, 15) is 9.59 Å². The maximum Gasteiger partial charge on any atom is 0.248 e. The smallest absolute Gasteiger partial charge is 0.248 e. The monoisotopic (exact) mass is 356 g/mol. The minimum Gasteiger partial charge on any atom is -0.461 e. The van der Waals surface area contributed by atoms with Crippen LogP contribution in [0.4, 0.5) is 5.69 Å². The molecule has 1 aromatic heterocycles. The largest absolute Gasteiger partial charge is 0.461 e. The third-order valence-electron chi connectivity index (χ3n) is 4.45. The van der Waals surface area contributed by atoms with Crippen molar-refractivity contribution < 1.29 is 18.7 Å². The van der Waals surface area contributed by atoms with Gasteiger partial charge in [0, 0.05) is 49.4 Å². The predicted molar refractivity (Wildman–Crippen MR) is 98.6 cm³/mol. The summed E-state index contributed by atoms with van der Waals surface area (Å²) in [4.78, 5) is 25.5. The molecule has 6 heteroatoms. The molecule has 0 radical (unpaired) electrons. The molecule has 1 aromatic carbocycles. The van der Waals surface area contributed by atoms with Gasteiger partial charge in [0.15, 0.2) is 0 Å². The van der Waals surface area contributed by atoms with Crippen molar-refractivity contribution in [2.24, 2.45) is 5.92 Å². The fourth-order valence-corrected chi connectivity index (χ4v) is 2.91. The highest BCUT2D eigenvalue weighted by molar-refractivity contribution is 5.92. The summed E-state index contributed by atoms with van der Waals surface area (Å²) in [5.41, 5.74) is 2.74. The number of nitrogens with one attached hydrogen (secondary N) is 1. The predicted octanol–water partition coefficient (Wildman–Crippen LogP) is 3.07. The normalized spacial score (nSPS) is 13.6. The van der Waals surface area contributed by atoms with Crippen LogP contribution in [0, 0.1) is 5.92 Å². The summed E-state index contributed by atoms with van der Waals surface area (Å²) in [6.07, 6.45) is 0.702. The highest BCUT2D eigenvalue weighted by Crippen LogP contribution is 2.30. The topological polar surface area (TPSA) is 71.8 Å². The molecule has 6 nitrogen and oxygen atoms in total. The molecule has 0 fully saturated rings. The molecule has 0 spiro atoms. The lowest BCUT2D eigenvalue weighted by Crippen LogP contribution is -2.37. The Morgan fingerprint density at radius 3 is 2.65 bits per heavy atom. The van der Waals surface area contributed by atoms with Crippen molar-refractivity contribution in [3.05, 3.63) is 41.7 Å². The number of amides is 2. The Morgan fingerprint density at radius 2 is 2.00 bits per heavy atom. The molecule has 0 aliphatic carbocycles. The van der Waals surface area contributed by atoms with Crippen LogP contribution in [0.3, 0.4) is 0 Å². The van der Waals surface area contributed by atoms with Gasteiger partial charge < -0.3 is 19.4 Å². The van der Waals surface area contributed by atoms with Crippen LogP contribution in [0.25, 0.3) is 11.3 Å². The Balaban J connectivity index is 1.72. The second kappa shape index (κ2) is 7.74. The third-order valence-corrected chi connectivity index (χ3v) is 4.45. The molecule has 26 heavy (non-hydrogen) atoms. The number of carbonyl (C=O) groups is 2. The summed E-state index contributed by atoms with van der Waals surface area (Å²) < 4.78 is 10.9. The van der Waals surface area contributed by atoms with E-state index in [0.717, 1.165) is 28.3 Å². The highest BCUT2D eigenvalue weighted by atomic mass is 16.5. The number of methoxy groups -OCH3 is 1. The van der Waals surface area contributed by atoms with Gasteiger partial charge in [-0.25, -0.2) is 0 Å². The summed E-state index contributed by atoms with van der Waals surface area (Å²) in [6.45, 7) is 5.00. The van der Waals surface area contributed by atoms with Gasteiger partial charge in [0.2, 0.25) is 11.8 Å². The van der Waals surface area contributed by atoms with E-state index in [2.05, 4.69) is 5.32 Å². The Bertz CT molecular complexity index is 793. The summed E-state index contributed by atoms with van der Waals surface area (Å²) in [5.74, 6) is 1.63. The van der Waals surface area contributed by atoms with Crippen LogP contribution in [0.5, 0.6) is 0 Å². The lowest BCUT2D eigenvalue weighted by atomic mass is 10.1. The van der Waals surface area contributed by atoms with E-state index in [1.54, 1.807) is 4.90 Å². The van der Waals surface area contributed by atoms with Gasteiger partial charge in [-0.3, -0.25) is 9.59 Å². The zero-order chi connectivity index (χ0) is 18.7. The Kier molecular flexibility index (Phi) is 5.42. The molecule has 0 saturated carbocycles. The van der Waals surface area contributed by atoms with Gasteiger partial charge in [-0.15, -0.1) is 0 Å². The molecule has 1 aliphatic heterocycles. The molecule has 2 amide bonds. The Hall–Kier alpha value is -2.60. The Labute approximate surface area is 153 Å². The lowest BCUT2D eigenvalue weighted by molar-refractivity contribution is -0.136. The second-order valence-electron chi connectivity index (χ2n) is 6.78. The SMILES string of the molecule is COCC(=O)N1CCc2oc(-c3ccc(NC(=O)C(C)C)cc3)cc2C1. The maximum atomic E-state index is 12.0. The zero-order valence-corrected chi connectivity index (χ0v) is 15.4. The molecule has 0 atom stereocenters. The van der Waals surface area contributed by atoms with Gasteiger partial charge in [0.1, 0.15) is 18.1 Å². The number of nitrogens with zero attached hydrogens (tertiary/aromatic N) is 1. The summed E-state index contributed by atoms with van der Waals surface area (Å²) in [7, 11) is 1.52. The first-order valence-electron chi connectivity index (χ1n) is 8.77. The first kappa shape index (κ1) is 18.2. The van der Waals surface area contributed by atoms with Crippen molar-refractivity contribution >= 4 is 17.5 Å². The van der Waals surface area contributed by atoms with Crippen LogP contribution in [0.1, 0.15) is 25.2 Å². The molecule has 0 unspecified atom stereocenters. The van der Waals surface area contributed by atoms with E-state index in [0.29, 0.717) is 19.5 Å². The minimum absolute atomic E-state index is 0.00738. The fourth-order valence-electron chi connectivity index (χ4n) is 2.91. The minimum atomic E-state index is -0.0600. The van der Waals surface area contributed by atoms with Crippen LogP contribution >= 0.6 is 0 Å². The lowest BCUT2D eigenvalue weighted by Gasteiger charge is -2.25. The van der Waals surface area contributed by atoms with Crippen LogP contribution in [0.2, 0.25) is 0 Å². The first-order valence-corrected chi connectivity index (χ1v) is 8.77. The van der Waals surface area contributed by atoms with Crippen LogP contribution in [0.15, 0.2) is 34.7 Å². The summed E-state index contributed by atoms with van der Waals surface area (Å²) in [5, 5.41) is 2.87. The number of hydrogen-bond donors (Lipinski definition) is 1. The van der Waals surface area contributed by atoms with Crippen LogP contribution in [-0.4, -0.2) is 37.0 Å². The molecule has 1 N–H and O–H groups in total. The number of rotatable bonds is 5. The molecule has 138 valence electrons. The van der Waals surface area contributed by atoms with E-state index in [-0.39, 0.29) is 24.3 Å². The van der Waals surface area contributed by atoms with E-state index in [1.165, 1.54) is 7.11 Å². The van der Waals surface area contributed by atoms with Gasteiger partial charge in [-0.05, 0) is 30.3 Å². The van der Waals surface area contributed by atoms with Crippen molar-refractivity contribution in [3.63, 3.8) is 0 Å². The number of hydrogen-bond acceptors (Lipinski definition) is 4. The molecule has 3 rings (SSSR count). The highest BCUT2D eigenvalue weighted by Gasteiger charge is 2.24. The molecular weight excluding hydrogens is 332 g/mol. The summed E-state index contributed by atoms with van der Waals surface area (Å²) in [6, 6.07) is 9.57. The number of ether oxygens (including phenoxy) is 1. The van der Waals surface area contributed by atoms with E-state index in [4.69, 9.17) is 9.15 Å². The van der Waals surface area contributed by atoms with Gasteiger partial charge in [-0.1, -0.05) is 13.8 Å². The molecular formula is C20H24N2O4. The number of furan rings is 1. The van der Waals surface area contributed by atoms with Crippen molar-refractivity contribution in [1.29, 1.82) is 0 Å². The van der Waals surface area contributed by atoms with Gasteiger partial charge >= 0.3 is 0 Å². The van der Waals surface area contributed by atoms with Crippen LogP contribution < -0.4 is 5.32 Å². The number of anilines is 1. The molecule has 2 heterocycles. The van der Waals surface area contributed by atoms with E-state index >= 15 is 0 Å². The third kappa shape index (κ3) is 3.96. The van der Waals surface area contributed by atoms with Crippen molar-refractivity contribution in [3.8, 4) is 11.3 Å².